The van der Waals surface area contributed by atoms with Crippen LogP contribution in [0.2, 0.25) is 0 Å². The molecular weight excluding hydrogens is 122 g/mol. The number of hydrogen-bond acceptors (Lipinski definition) is 1. The summed E-state index contributed by atoms with van der Waals surface area (Å²) in [5.41, 5.74) is 5.64. The van der Waals surface area contributed by atoms with Crippen molar-refractivity contribution in [1.29, 1.82) is 0 Å². The Morgan fingerprint density at radius 2 is 1.90 bits per heavy atom. The first-order valence-corrected chi connectivity index (χ1v) is 4.37. The van der Waals surface area contributed by atoms with Crippen molar-refractivity contribution in [3.8, 4) is 0 Å². The summed E-state index contributed by atoms with van der Waals surface area (Å²) in [6.45, 7) is 2.04. The maximum absolute atomic E-state index is 5.64. The van der Waals surface area contributed by atoms with Gasteiger partial charge in [-0.15, -0.1) is 0 Å². The first-order valence-electron chi connectivity index (χ1n) is 4.37. The van der Waals surface area contributed by atoms with E-state index in [0.717, 1.165) is 12.0 Å². The molecule has 1 radical (unpaired) electrons. The lowest BCUT2D eigenvalue weighted by Crippen LogP contribution is -2.14. The summed E-state index contributed by atoms with van der Waals surface area (Å²) in [6.07, 6.45) is 8.29. The summed E-state index contributed by atoms with van der Waals surface area (Å²) in [7, 11) is 0. The molecule has 59 valence electrons. The van der Waals surface area contributed by atoms with Crippen LogP contribution in [0.5, 0.6) is 0 Å². The van der Waals surface area contributed by atoms with Crippen molar-refractivity contribution in [3.05, 3.63) is 6.04 Å². The molecule has 1 aliphatic carbocycles. The van der Waals surface area contributed by atoms with E-state index >= 15 is 0 Å². The van der Waals surface area contributed by atoms with E-state index < -0.39 is 0 Å². The fraction of sp³-hybridized carbons (Fsp3) is 0.889. The standard InChI is InChI=1S/C9H18N/c1-8(10)7-9-5-3-2-4-6-9/h9H,2-7,10H2,1H3. The summed E-state index contributed by atoms with van der Waals surface area (Å²) < 4.78 is 0. The van der Waals surface area contributed by atoms with Crippen LogP contribution in [0.25, 0.3) is 0 Å². The van der Waals surface area contributed by atoms with Gasteiger partial charge in [0.25, 0.3) is 0 Å². The van der Waals surface area contributed by atoms with E-state index in [-0.39, 0.29) is 0 Å². The van der Waals surface area contributed by atoms with Crippen molar-refractivity contribution in [2.75, 3.05) is 0 Å². The second kappa shape index (κ2) is 3.97. The van der Waals surface area contributed by atoms with Crippen LogP contribution in [0.3, 0.4) is 0 Å². The van der Waals surface area contributed by atoms with Gasteiger partial charge in [-0.25, -0.2) is 0 Å². The molecule has 0 amide bonds. The smallest absolute Gasteiger partial charge is 0.0308 e. The van der Waals surface area contributed by atoms with Gasteiger partial charge < -0.3 is 5.73 Å². The average molecular weight is 140 g/mol. The van der Waals surface area contributed by atoms with E-state index in [1.807, 2.05) is 6.92 Å². The van der Waals surface area contributed by atoms with Crippen LogP contribution in [-0.4, -0.2) is 0 Å². The van der Waals surface area contributed by atoms with Gasteiger partial charge in [0.15, 0.2) is 0 Å². The fourth-order valence-corrected chi connectivity index (χ4v) is 1.85. The van der Waals surface area contributed by atoms with Gasteiger partial charge in [0.1, 0.15) is 0 Å². The second-order valence-electron chi connectivity index (χ2n) is 3.55. The van der Waals surface area contributed by atoms with E-state index in [1.165, 1.54) is 38.5 Å². The molecule has 0 spiro atoms. The van der Waals surface area contributed by atoms with E-state index in [4.69, 9.17) is 5.73 Å². The molecule has 0 aromatic heterocycles. The zero-order valence-electron chi connectivity index (χ0n) is 6.90. The molecule has 0 aromatic rings. The van der Waals surface area contributed by atoms with Crippen molar-refractivity contribution in [1.82, 2.24) is 0 Å². The number of rotatable bonds is 2. The van der Waals surface area contributed by atoms with Crippen molar-refractivity contribution >= 4 is 0 Å². The van der Waals surface area contributed by atoms with Gasteiger partial charge in [0, 0.05) is 6.04 Å². The third-order valence-corrected chi connectivity index (χ3v) is 2.34. The van der Waals surface area contributed by atoms with Gasteiger partial charge in [-0.3, -0.25) is 0 Å². The molecule has 1 fully saturated rings. The molecule has 0 heterocycles. The molecule has 1 rings (SSSR count). The maximum atomic E-state index is 5.64. The van der Waals surface area contributed by atoms with Crippen LogP contribution in [-0.2, 0) is 0 Å². The normalized spacial score (nSPS) is 21.9. The Balaban J connectivity index is 2.13. The highest BCUT2D eigenvalue weighted by atomic mass is 14.6. The molecule has 1 saturated carbocycles. The van der Waals surface area contributed by atoms with Crippen LogP contribution >= 0.6 is 0 Å². The van der Waals surface area contributed by atoms with Crippen LogP contribution in [0, 0.1) is 12.0 Å². The Hall–Kier alpha value is -0.0400. The highest BCUT2D eigenvalue weighted by molar-refractivity contribution is 4.80. The van der Waals surface area contributed by atoms with Crippen LogP contribution in [0.4, 0.5) is 0 Å². The zero-order chi connectivity index (χ0) is 7.40. The lowest BCUT2D eigenvalue weighted by atomic mass is 9.85. The Labute approximate surface area is 64.0 Å². The topological polar surface area (TPSA) is 26.0 Å². The second-order valence-corrected chi connectivity index (χ2v) is 3.55. The molecule has 1 aliphatic rings. The molecule has 10 heavy (non-hydrogen) atoms. The number of hydrogen-bond donors (Lipinski definition) is 1. The van der Waals surface area contributed by atoms with Gasteiger partial charge >= 0.3 is 0 Å². The van der Waals surface area contributed by atoms with Gasteiger partial charge in [-0.05, 0) is 19.3 Å². The third kappa shape index (κ3) is 2.70. The Morgan fingerprint density at radius 1 is 1.30 bits per heavy atom. The Bertz CT molecular complexity index is 82.7. The van der Waals surface area contributed by atoms with Crippen molar-refractivity contribution in [2.24, 2.45) is 11.7 Å². The SMILES string of the molecule is C[C](N)CC1CCCCC1. The van der Waals surface area contributed by atoms with E-state index in [2.05, 4.69) is 0 Å². The van der Waals surface area contributed by atoms with Gasteiger partial charge in [-0.1, -0.05) is 32.1 Å². The van der Waals surface area contributed by atoms with Crippen LogP contribution in [0.1, 0.15) is 45.4 Å². The molecule has 0 bridgehead atoms. The third-order valence-electron chi connectivity index (χ3n) is 2.34. The zero-order valence-corrected chi connectivity index (χ0v) is 6.90. The molecule has 0 unspecified atom stereocenters. The summed E-state index contributed by atoms with van der Waals surface area (Å²) >= 11 is 0. The lowest BCUT2D eigenvalue weighted by molar-refractivity contribution is 0.344. The molecule has 0 saturated heterocycles. The van der Waals surface area contributed by atoms with Gasteiger partial charge in [0.05, 0.1) is 0 Å². The molecule has 0 aromatic carbocycles. The predicted molar refractivity (Wildman–Crippen MR) is 44.3 cm³/mol. The highest BCUT2D eigenvalue weighted by Crippen LogP contribution is 2.27. The summed E-state index contributed by atoms with van der Waals surface area (Å²) in [4.78, 5) is 0. The monoisotopic (exact) mass is 140 g/mol. The van der Waals surface area contributed by atoms with Crippen LogP contribution in [0.15, 0.2) is 0 Å². The summed E-state index contributed by atoms with van der Waals surface area (Å²) in [5, 5.41) is 0. The first-order chi connectivity index (χ1) is 4.79. The Morgan fingerprint density at radius 3 is 2.40 bits per heavy atom. The summed E-state index contributed by atoms with van der Waals surface area (Å²) in [5.74, 6) is 0.916. The van der Waals surface area contributed by atoms with E-state index in [9.17, 15) is 0 Å². The largest absolute Gasteiger partial charge is 0.324 e. The predicted octanol–water partition coefficient (Wildman–Crippen LogP) is 2.47. The number of nitrogens with two attached hydrogens (primary N) is 1. The average Bonchev–Trinajstić information content (AvgIpc) is 1.88. The maximum Gasteiger partial charge on any atom is 0.0308 e. The van der Waals surface area contributed by atoms with Gasteiger partial charge in [0.2, 0.25) is 0 Å². The molecule has 0 aliphatic heterocycles. The minimum atomic E-state index is 0.916. The fourth-order valence-electron chi connectivity index (χ4n) is 1.85. The molecule has 1 nitrogen and oxygen atoms in total. The lowest BCUT2D eigenvalue weighted by Gasteiger charge is -2.22. The molecule has 0 atom stereocenters. The highest BCUT2D eigenvalue weighted by Gasteiger charge is 2.14. The quantitative estimate of drug-likeness (QED) is 0.626. The first kappa shape index (κ1) is 8.06. The Kier molecular flexibility index (Phi) is 3.20. The van der Waals surface area contributed by atoms with E-state index in [0.29, 0.717) is 0 Å². The molecule has 2 N–H and O–H groups in total. The van der Waals surface area contributed by atoms with Gasteiger partial charge in [-0.2, -0.15) is 0 Å². The van der Waals surface area contributed by atoms with Crippen molar-refractivity contribution < 1.29 is 0 Å². The molecular formula is C9H18N. The van der Waals surface area contributed by atoms with Crippen LogP contribution < -0.4 is 5.73 Å². The van der Waals surface area contributed by atoms with Crippen molar-refractivity contribution in [2.45, 2.75) is 45.4 Å². The van der Waals surface area contributed by atoms with E-state index in [1.54, 1.807) is 0 Å². The minimum Gasteiger partial charge on any atom is -0.324 e. The minimum absolute atomic E-state index is 0.916. The van der Waals surface area contributed by atoms with Crippen molar-refractivity contribution in [3.63, 3.8) is 0 Å². The molecule has 1 heteroatoms. The summed E-state index contributed by atoms with van der Waals surface area (Å²) in [6, 6.07) is 1.12.